The van der Waals surface area contributed by atoms with Gasteiger partial charge in [-0.15, -0.1) is 0 Å². The molecule has 0 saturated carbocycles. The molecule has 82 valence electrons. The zero-order valence-corrected chi connectivity index (χ0v) is 8.93. The Bertz CT molecular complexity index is 391. The Kier molecular flexibility index (Phi) is 4.11. The van der Waals surface area contributed by atoms with E-state index in [4.69, 9.17) is 15.3 Å². The van der Waals surface area contributed by atoms with Crippen molar-refractivity contribution in [2.45, 2.75) is 19.8 Å². The number of likely N-dealkylation sites (tertiary alicyclic amines) is 1. The normalized spacial score (nSPS) is 19.6. The molecule has 1 fully saturated rings. The number of nitrogens with zero attached hydrogens (tertiary/aromatic N) is 3. The number of carbonyl (C=O) groups excluding carboxylic acids is 1. The molecule has 0 N–H and O–H groups in total. The Morgan fingerprint density at radius 3 is 2.25 bits per heavy atom. The van der Waals surface area contributed by atoms with E-state index < -0.39 is 6.09 Å². The molecule has 1 aliphatic rings. The van der Waals surface area contributed by atoms with Crippen molar-refractivity contribution in [3.05, 3.63) is 23.5 Å². The number of hydrogen-bond acceptors (Lipinski definition) is 4. The molecule has 1 heterocycles. The minimum Gasteiger partial charge on any atom is -0.449 e. The summed E-state index contributed by atoms with van der Waals surface area (Å²) in [6.45, 7) is 1.96. The Balaban J connectivity index is 3.00. The Morgan fingerprint density at radius 1 is 1.38 bits per heavy atom. The molecule has 1 saturated heterocycles. The predicted octanol–water partition coefficient (Wildman–Crippen LogP) is 2.05. The van der Waals surface area contributed by atoms with Gasteiger partial charge in [0.15, 0.2) is 0 Å². The van der Waals surface area contributed by atoms with Gasteiger partial charge in [-0.3, -0.25) is 4.90 Å². The molecule has 0 unspecified atom stereocenters. The lowest BCUT2D eigenvalue weighted by Gasteiger charge is -2.17. The molecule has 0 aromatic heterocycles. The third-order valence-electron chi connectivity index (χ3n) is 2.12. The predicted molar refractivity (Wildman–Crippen MR) is 55.5 cm³/mol. The van der Waals surface area contributed by atoms with Crippen molar-refractivity contribution in [3.63, 3.8) is 0 Å². The lowest BCUT2D eigenvalue weighted by atomic mass is 10.3. The van der Waals surface area contributed by atoms with Crippen LogP contribution in [0.3, 0.4) is 0 Å². The first kappa shape index (κ1) is 11.8. The first-order valence-corrected chi connectivity index (χ1v) is 4.88. The van der Waals surface area contributed by atoms with Gasteiger partial charge in [-0.25, -0.2) is 4.79 Å². The Morgan fingerprint density at radius 2 is 1.88 bits per heavy atom. The van der Waals surface area contributed by atoms with Crippen LogP contribution in [-0.4, -0.2) is 17.6 Å². The van der Waals surface area contributed by atoms with Gasteiger partial charge in [0.1, 0.15) is 0 Å². The number of carbonyl (C=O) groups is 1. The van der Waals surface area contributed by atoms with Gasteiger partial charge in [-0.1, -0.05) is 0 Å². The molecule has 0 bridgehead atoms. The van der Waals surface area contributed by atoms with E-state index in [9.17, 15) is 4.79 Å². The molecule has 1 aliphatic heterocycles. The van der Waals surface area contributed by atoms with Crippen molar-refractivity contribution < 1.29 is 9.53 Å². The summed E-state index contributed by atoms with van der Waals surface area (Å²) >= 11 is 0. The monoisotopic (exact) mass is 217 g/mol. The maximum absolute atomic E-state index is 11.6. The molecule has 5 heteroatoms. The smallest absolute Gasteiger partial charge is 0.418 e. The zero-order chi connectivity index (χ0) is 12.0. The van der Waals surface area contributed by atoms with E-state index >= 15 is 0 Å². The van der Waals surface area contributed by atoms with Gasteiger partial charge in [-0.05, 0) is 19.8 Å². The van der Waals surface area contributed by atoms with Crippen molar-refractivity contribution in [2.24, 2.45) is 0 Å². The Hall–Kier alpha value is -2.27. The second-order valence-electron chi connectivity index (χ2n) is 3.06. The standard InChI is InChI=1S/C11H11N3O2/c1-2-16-11(15)14-9(5-7-12)3-4-10(14)6-8-13/h5-6H,2-4H2,1H3/b9-5+,10-6+. The average Bonchev–Trinajstić information content (AvgIpc) is 2.63. The van der Waals surface area contributed by atoms with Crippen molar-refractivity contribution in [3.8, 4) is 12.1 Å². The molecule has 0 spiro atoms. The summed E-state index contributed by atoms with van der Waals surface area (Å²) in [6, 6.07) is 3.76. The number of nitriles is 2. The molecule has 0 aromatic carbocycles. The fourth-order valence-corrected chi connectivity index (χ4v) is 1.51. The number of amides is 1. The third-order valence-corrected chi connectivity index (χ3v) is 2.12. The molecule has 0 aliphatic carbocycles. The SMILES string of the molecule is CCOC(=O)N1/C(=C/C#N)CC/C1=C\C#N. The van der Waals surface area contributed by atoms with Crippen molar-refractivity contribution >= 4 is 6.09 Å². The van der Waals surface area contributed by atoms with Crippen LogP contribution in [0.15, 0.2) is 23.5 Å². The number of allylic oxidation sites excluding steroid dienone is 4. The summed E-state index contributed by atoms with van der Waals surface area (Å²) in [6.07, 6.45) is 3.20. The van der Waals surface area contributed by atoms with Crippen LogP contribution in [0.5, 0.6) is 0 Å². The highest BCUT2D eigenvalue weighted by Gasteiger charge is 2.29. The van der Waals surface area contributed by atoms with E-state index in [2.05, 4.69) is 0 Å². The summed E-state index contributed by atoms with van der Waals surface area (Å²) in [5.74, 6) is 0. The highest BCUT2D eigenvalue weighted by Crippen LogP contribution is 2.30. The van der Waals surface area contributed by atoms with Crippen LogP contribution in [0.4, 0.5) is 4.79 Å². The van der Waals surface area contributed by atoms with Crippen molar-refractivity contribution in [1.82, 2.24) is 4.90 Å². The van der Waals surface area contributed by atoms with Gasteiger partial charge in [-0.2, -0.15) is 10.5 Å². The van der Waals surface area contributed by atoms with E-state index in [1.165, 1.54) is 17.1 Å². The van der Waals surface area contributed by atoms with Crippen molar-refractivity contribution in [1.29, 1.82) is 10.5 Å². The molecule has 16 heavy (non-hydrogen) atoms. The minimum atomic E-state index is -0.539. The lowest BCUT2D eigenvalue weighted by Crippen LogP contribution is -2.25. The van der Waals surface area contributed by atoms with Gasteiger partial charge in [0.05, 0.1) is 18.7 Å². The third kappa shape index (κ3) is 2.40. The van der Waals surface area contributed by atoms with Crippen LogP contribution in [0.2, 0.25) is 0 Å². The quantitative estimate of drug-likeness (QED) is 0.630. The maximum atomic E-state index is 11.6. The fourth-order valence-electron chi connectivity index (χ4n) is 1.51. The highest BCUT2D eigenvalue weighted by atomic mass is 16.6. The highest BCUT2D eigenvalue weighted by molar-refractivity contribution is 5.73. The van der Waals surface area contributed by atoms with E-state index in [-0.39, 0.29) is 6.61 Å². The van der Waals surface area contributed by atoms with Gasteiger partial charge in [0.25, 0.3) is 0 Å². The first-order chi connectivity index (χ1) is 7.74. The minimum absolute atomic E-state index is 0.259. The summed E-state index contributed by atoms with van der Waals surface area (Å²) in [5.41, 5.74) is 1.14. The Labute approximate surface area is 93.8 Å². The lowest BCUT2D eigenvalue weighted by molar-refractivity contribution is 0.129. The maximum Gasteiger partial charge on any atom is 0.418 e. The first-order valence-electron chi connectivity index (χ1n) is 4.88. The van der Waals surface area contributed by atoms with Crippen LogP contribution in [-0.2, 0) is 4.74 Å². The molecule has 0 radical (unpaired) electrons. The number of ether oxygens (including phenoxy) is 1. The van der Waals surface area contributed by atoms with Gasteiger partial charge >= 0.3 is 6.09 Å². The molecule has 5 nitrogen and oxygen atoms in total. The number of rotatable bonds is 1. The van der Waals surface area contributed by atoms with E-state index in [1.54, 1.807) is 6.92 Å². The topological polar surface area (TPSA) is 77.1 Å². The summed E-state index contributed by atoms with van der Waals surface area (Å²) in [7, 11) is 0. The zero-order valence-electron chi connectivity index (χ0n) is 8.93. The molecule has 0 aromatic rings. The fraction of sp³-hybridized carbons (Fsp3) is 0.364. The summed E-state index contributed by atoms with van der Waals surface area (Å²) < 4.78 is 4.87. The van der Waals surface area contributed by atoms with E-state index in [0.717, 1.165) is 0 Å². The van der Waals surface area contributed by atoms with Crippen molar-refractivity contribution in [2.75, 3.05) is 6.61 Å². The van der Waals surface area contributed by atoms with Crippen LogP contribution >= 0.6 is 0 Å². The summed E-state index contributed by atoms with van der Waals surface area (Å²) in [5, 5.41) is 17.2. The molecular formula is C11H11N3O2. The van der Waals surface area contributed by atoms with Crippen LogP contribution in [0, 0.1) is 22.7 Å². The molecule has 1 amide bonds. The second kappa shape index (κ2) is 5.57. The molecular weight excluding hydrogens is 206 g/mol. The molecule has 1 rings (SSSR count). The summed E-state index contributed by atoms with van der Waals surface area (Å²) in [4.78, 5) is 12.9. The van der Waals surface area contributed by atoms with Crippen LogP contribution in [0.25, 0.3) is 0 Å². The van der Waals surface area contributed by atoms with Crippen LogP contribution in [0.1, 0.15) is 19.8 Å². The van der Waals surface area contributed by atoms with Gasteiger partial charge in [0, 0.05) is 23.5 Å². The van der Waals surface area contributed by atoms with Gasteiger partial charge in [0.2, 0.25) is 0 Å². The van der Waals surface area contributed by atoms with E-state index in [1.807, 2.05) is 12.1 Å². The van der Waals surface area contributed by atoms with E-state index in [0.29, 0.717) is 24.2 Å². The van der Waals surface area contributed by atoms with Gasteiger partial charge < -0.3 is 4.74 Å². The average molecular weight is 217 g/mol. The molecule has 0 atom stereocenters. The number of hydrogen-bond donors (Lipinski definition) is 0. The largest absolute Gasteiger partial charge is 0.449 e. The second-order valence-corrected chi connectivity index (χ2v) is 3.06. The van der Waals surface area contributed by atoms with Crippen LogP contribution < -0.4 is 0 Å².